The summed E-state index contributed by atoms with van der Waals surface area (Å²) in [6.07, 6.45) is 0.233. The van der Waals surface area contributed by atoms with Crippen molar-refractivity contribution in [1.29, 1.82) is 0 Å². The van der Waals surface area contributed by atoms with Gasteiger partial charge in [0, 0.05) is 32.2 Å². The maximum atomic E-state index is 11.3. The Kier molecular flexibility index (Phi) is 4.37. The minimum atomic E-state index is -0.766. The summed E-state index contributed by atoms with van der Waals surface area (Å²) in [6.45, 7) is 10.4. The van der Waals surface area contributed by atoms with Gasteiger partial charge in [0.1, 0.15) is 0 Å². The average molecular weight is 316 g/mol. The standard InChI is InChI=1S/C19H28N2O2/c1-19(2,3)17(14-7-5-4-6-8-14)21-11-15-9-10-20(18(22)23)12-16(15)13-21/h4-8,15-17H,9-13H2,1-3H3,(H,22,23). The fraction of sp³-hybridized carbons (Fsp3) is 0.632. The van der Waals surface area contributed by atoms with Gasteiger partial charge in [0.25, 0.3) is 0 Å². The number of rotatable bonds is 2. The number of amides is 1. The Morgan fingerprint density at radius 1 is 1.13 bits per heavy atom. The zero-order valence-corrected chi connectivity index (χ0v) is 14.4. The lowest BCUT2D eigenvalue weighted by molar-refractivity contribution is 0.108. The Morgan fingerprint density at radius 3 is 2.39 bits per heavy atom. The summed E-state index contributed by atoms with van der Waals surface area (Å²) < 4.78 is 0. The Hall–Kier alpha value is -1.55. The number of piperidine rings is 1. The van der Waals surface area contributed by atoms with Gasteiger partial charge in [-0.3, -0.25) is 4.90 Å². The van der Waals surface area contributed by atoms with Crippen LogP contribution in [0.15, 0.2) is 30.3 Å². The average Bonchev–Trinajstić information content (AvgIpc) is 2.88. The molecule has 23 heavy (non-hydrogen) atoms. The second-order valence-electron chi connectivity index (χ2n) is 8.17. The highest BCUT2D eigenvalue weighted by Gasteiger charge is 2.43. The van der Waals surface area contributed by atoms with E-state index in [0.29, 0.717) is 31.0 Å². The van der Waals surface area contributed by atoms with Crippen LogP contribution in [-0.2, 0) is 0 Å². The van der Waals surface area contributed by atoms with Crippen molar-refractivity contribution >= 4 is 6.09 Å². The zero-order chi connectivity index (χ0) is 16.6. The predicted octanol–water partition coefficient (Wildman–Crippen LogP) is 3.71. The molecule has 0 bridgehead atoms. The zero-order valence-electron chi connectivity index (χ0n) is 14.4. The van der Waals surface area contributed by atoms with Gasteiger partial charge in [-0.2, -0.15) is 0 Å². The number of hydrogen-bond acceptors (Lipinski definition) is 2. The molecule has 2 fully saturated rings. The van der Waals surface area contributed by atoms with Crippen molar-refractivity contribution in [3.63, 3.8) is 0 Å². The van der Waals surface area contributed by atoms with Crippen LogP contribution < -0.4 is 0 Å². The molecule has 2 aliphatic heterocycles. The Bertz CT molecular complexity index is 552. The topological polar surface area (TPSA) is 43.8 Å². The first-order valence-electron chi connectivity index (χ1n) is 8.63. The molecule has 1 N–H and O–H groups in total. The lowest BCUT2D eigenvalue weighted by Crippen LogP contribution is -2.42. The van der Waals surface area contributed by atoms with E-state index in [1.807, 2.05) is 0 Å². The van der Waals surface area contributed by atoms with Crippen LogP contribution in [0.1, 0.15) is 38.8 Å². The highest BCUT2D eigenvalue weighted by Crippen LogP contribution is 2.43. The van der Waals surface area contributed by atoms with Crippen LogP contribution in [-0.4, -0.2) is 47.2 Å². The molecule has 0 saturated carbocycles. The van der Waals surface area contributed by atoms with E-state index in [9.17, 15) is 9.90 Å². The molecule has 3 atom stereocenters. The van der Waals surface area contributed by atoms with E-state index in [2.05, 4.69) is 56.0 Å². The van der Waals surface area contributed by atoms with Crippen molar-refractivity contribution in [3.8, 4) is 0 Å². The molecule has 2 aliphatic rings. The van der Waals surface area contributed by atoms with Gasteiger partial charge in [-0.25, -0.2) is 4.79 Å². The monoisotopic (exact) mass is 316 g/mol. The van der Waals surface area contributed by atoms with Crippen LogP contribution >= 0.6 is 0 Å². The first kappa shape index (κ1) is 16.3. The van der Waals surface area contributed by atoms with Crippen molar-refractivity contribution < 1.29 is 9.90 Å². The summed E-state index contributed by atoms with van der Waals surface area (Å²) >= 11 is 0. The van der Waals surface area contributed by atoms with E-state index in [0.717, 1.165) is 19.5 Å². The van der Waals surface area contributed by atoms with Crippen molar-refractivity contribution in [2.75, 3.05) is 26.2 Å². The molecule has 2 heterocycles. The van der Waals surface area contributed by atoms with E-state index in [1.54, 1.807) is 4.90 Å². The minimum Gasteiger partial charge on any atom is -0.465 e. The summed E-state index contributed by atoms with van der Waals surface area (Å²) in [7, 11) is 0. The van der Waals surface area contributed by atoms with Crippen molar-refractivity contribution in [1.82, 2.24) is 9.80 Å². The number of carbonyl (C=O) groups is 1. The largest absolute Gasteiger partial charge is 0.465 e. The molecular weight excluding hydrogens is 288 g/mol. The number of carboxylic acid groups (broad SMARTS) is 1. The first-order valence-corrected chi connectivity index (χ1v) is 8.63. The third kappa shape index (κ3) is 3.37. The van der Waals surface area contributed by atoms with Crippen LogP contribution in [0.5, 0.6) is 0 Å². The highest BCUT2D eigenvalue weighted by molar-refractivity contribution is 5.65. The third-order valence-corrected chi connectivity index (χ3v) is 5.40. The molecule has 4 heteroatoms. The smallest absolute Gasteiger partial charge is 0.407 e. The molecule has 1 aromatic rings. The fourth-order valence-corrected chi connectivity index (χ4v) is 4.48. The normalized spacial score (nSPS) is 26.8. The van der Waals surface area contributed by atoms with Crippen LogP contribution in [0.3, 0.4) is 0 Å². The Balaban J connectivity index is 1.79. The fourth-order valence-electron chi connectivity index (χ4n) is 4.48. The number of fused-ring (bicyclic) bond motifs is 1. The molecule has 0 aliphatic carbocycles. The molecule has 0 aromatic heterocycles. The highest BCUT2D eigenvalue weighted by atomic mass is 16.4. The number of benzene rings is 1. The molecule has 3 rings (SSSR count). The first-order chi connectivity index (χ1) is 10.9. The number of likely N-dealkylation sites (tertiary alicyclic amines) is 2. The van der Waals surface area contributed by atoms with Crippen LogP contribution in [0.2, 0.25) is 0 Å². The van der Waals surface area contributed by atoms with Crippen LogP contribution in [0.25, 0.3) is 0 Å². The summed E-state index contributed by atoms with van der Waals surface area (Å²) in [6, 6.07) is 11.1. The minimum absolute atomic E-state index is 0.154. The Morgan fingerprint density at radius 2 is 1.78 bits per heavy atom. The number of nitrogens with zero attached hydrogens (tertiary/aromatic N) is 2. The summed E-state index contributed by atoms with van der Waals surface area (Å²) in [5.74, 6) is 1.12. The van der Waals surface area contributed by atoms with Gasteiger partial charge < -0.3 is 10.0 Å². The molecule has 3 unspecified atom stereocenters. The van der Waals surface area contributed by atoms with Crippen LogP contribution in [0, 0.1) is 17.3 Å². The predicted molar refractivity (Wildman–Crippen MR) is 91.4 cm³/mol. The lowest BCUT2D eigenvalue weighted by Gasteiger charge is -2.38. The second-order valence-corrected chi connectivity index (χ2v) is 8.17. The van der Waals surface area contributed by atoms with Crippen molar-refractivity contribution in [2.24, 2.45) is 17.3 Å². The quantitative estimate of drug-likeness (QED) is 0.904. The van der Waals surface area contributed by atoms with Gasteiger partial charge in [0.2, 0.25) is 0 Å². The SMILES string of the molecule is CC(C)(C)C(c1ccccc1)N1CC2CCN(C(=O)O)CC2C1. The maximum Gasteiger partial charge on any atom is 0.407 e. The van der Waals surface area contributed by atoms with Gasteiger partial charge in [-0.1, -0.05) is 51.1 Å². The lowest BCUT2D eigenvalue weighted by atomic mass is 9.81. The Labute approximate surface area is 139 Å². The van der Waals surface area contributed by atoms with Gasteiger partial charge >= 0.3 is 6.09 Å². The molecule has 2 saturated heterocycles. The van der Waals surface area contributed by atoms with E-state index >= 15 is 0 Å². The molecule has 1 aromatic carbocycles. The van der Waals surface area contributed by atoms with Crippen molar-refractivity contribution in [3.05, 3.63) is 35.9 Å². The molecule has 4 nitrogen and oxygen atoms in total. The van der Waals surface area contributed by atoms with E-state index in [1.165, 1.54) is 5.56 Å². The van der Waals surface area contributed by atoms with Gasteiger partial charge in [-0.15, -0.1) is 0 Å². The van der Waals surface area contributed by atoms with Gasteiger partial charge in [0.15, 0.2) is 0 Å². The van der Waals surface area contributed by atoms with Gasteiger partial charge in [0.05, 0.1) is 0 Å². The second kappa shape index (κ2) is 6.16. The summed E-state index contributed by atoms with van der Waals surface area (Å²) in [4.78, 5) is 15.4. The maximum absolute atomic E-state index is 11.3. The van der Waals surface area contributed by atoms with Gasteiger partial charge in [-0.05, 0) is 29.2 Å². The van der Waals surface area contributed by atoms with Crippen molar-refractivity contribution in [2.45, 2.75) is 33.2 Å². The molecule has 0 spiro atoms. The molecular formula is C19H28N2O2. The molecule has 0 radical (unpaired) electrons. The summed E-state index contributed by atoms with van der Waals surface area (Å²) in [5, 5.41) is 9.25. The van der Waals surface area contributed by atoms with E-state index in [4.69, 9.17) is 0 Å². The third-order valence-electron chi connectivity index (χ3n) is 5.40. The molecule has 126 valence electrons. The summed E-state index contributed by atoms with van der Waals surface area (Å²) in [5.41, 5.74) is 1.52. The molecule has 1 amide bonds. The number of hydrogen-bond donors (Lipinski definition) is 1. The van der Waals surface area contributed by atoms with Crippen LogP contribution in [0.4, 0.5) is 4.79 Å². The van der Waals surface area contributed by atoms with E-state index in [-0.39, 0.29) is 5.41 Å². The van der Waals surface area contributed by atoms with E-state index < -0.39 is 6.09 Å².